The Hall–Kier alpha value is -3.09. The van der Waals surface area contributed by atoms with E-state index in [0.29, 0.717) is 0 Å². The number of nitrogens with one attached hydrogen (secondary N) is 1. The number of hydrogen-bond acceptors (Lipinski definition) is 6. The number of primary amides is 1. The van der Waals surface area contributed by atoms with Gasteiger partial charge in [0.15, 0.2) is 6.10 Å². The van der Waals surface area contributed by atoms with E-state index in [1.54, 1.807) is 6.92 Å². The molecule has 2 unspecified atom stereocenters. The zero-order valence-corrected chi connectivity index (χ0v) is 17.8. The molecule has 0 aliphatic heterocycles. The molecular formula is C21H18F5N3O3S. The minimum Gasteiger partial charge on any atom is -0.388 e. The molecule has 0 radical (unpaired) electrons. The van der Waals surface area contributed by atoms with Crippen LogP contribution in [0.3, 0.4) is 0 Å². The Morgan fingerprint density at radius 1 is 1.18 bits per heavy atom. The molecule has 0 bridgehead atoms. The van der Waals surface area contributed by atoms with Gasteiger partial charge in [-0.05, 0) is 42.3 Å². The lowest BCUT2D eigenvalue weighted by molar-refractivity contribution is -0.207. The summed E-state index contributed by atoms with van der Waals surface area (Å²) in [6.07, 6.45) is -8.58. The minimum absolute atomic E-state index is 0.0138. The van der Waals surface area contributed by atoms with Gasteiger partial charge in [-0.25, -0.2) is 13.8 Å². The Morgan fingerprint density at radius 3 is 2.36 bits per heavy atom. The van der Waals surface area contributed by atoms with Crippen molar-refractivity contribution in [2.24, 2.45) is 5.73 Å². The van der Waals surface area contributed by atoms with Gasteiger partial charge < -0.3 is 21.3 Å². The van der Waals surface area contributed by atoms with Crippen molar-refractivity contribution in [2.75, 3.05) is 5.32 Å². The van der Waals surface area contributed by atoms with Crippen molar-refractivity contribution < 1.29 is 37.0 Å². The normalized spacial score (nSPS) is 13.6. The summed E-state index contributed by atoms with van der Waals surface area (Å²) in [6.45, 7) is 1.64. The van der Waals surface area contributed by atoms with Crippen LogP contribution in [0.2, 0.25) is 0 Å². The Morgan fingerprint density at radius 2 is 1.82 bits per heavy atom. The zero-order valence-electron chi connectivity index (χ0n) is 17.0. The lowest BCUT2D eigenvalue weighted by atomic mass is 10.0. The first kappa shape index (κ1) is 24.6. The number of carbonyl (C=O) groups excluding carboxylic acids is 1. The first-order chi connectivity index (χ1) is 15.4. The van der Waals surface area contributed by atoms with Crippen molar-refractivity contribution >= 4 is 28.1 Å². The van der Waals surface area contributed by atoms with Crippen LogP contribution in [-0.2, 0) is 0 Å². The fourth-order valence-corrected chi connectivity index (χ4v) is 4.12. The molecule has 2 heterocycles. The zero-order chi connectivity index (χ0) is 24.5. The number of anilines is 2. The van der Waals surface area contributed by atoms with Crippen LogP contribution < -0.4 is 11.1 Å². The van der Waals surface area contributed by atoms with Gasteiger partial charge in [-0.2, -0.15) is 13.2 Å². The van der Waals surface area contributed by atoms with Crippen LogP contribution in [0.4, 0.5) is 32.8 Å². The highest BCUT2D eigenvalue weighted by molar-refractivity contribution is 7.20. The fraction of sp³-hybridized carbons (Fsp3) is 0.238. The monoisotopic (exact) mass is 487 g/mol. The maximum atomic E-state index is 14.7. The van der Waals surface area contributed by atoms with Gasteiger partial charge in [0.1, 0.15) is 22.5 Å². The van der Waals surface area contributed by atoms with Crippen molar-refractivity contribution in [2.45, 2.75) is 31.7 Å². The average Bonchev–Trinajstić information content (AvgIpc) is 3.15. The first-order valence-electron chi connectivity index (χ1n) is 9.52. The Labute approximate surface area is 188 Å². The van der Waals surface area contributed by atoms with Gasteiger partial charge in [0, 0.05) is 4.88 Å². The summed E-state index contributed by atoms with van der Waals surface area (Å²) in [5, 5.41) is 21.8. The highest BCUT2D eigenvalue weighted by Gasteiger charge is 2.40. The van der Waals surface area contributed by atoms with Gasteiger partial charge in [-0.15, -0.1) is 11.3 Å². The van der Waals surface area contributed by atoms with E-state index in [2.05, 4.69) is 10.3 Å². The van der Waals surface area contributed by atoms with Crippen molar-refractivity contribution in [1.29, 1.82) is 0 Å². The van der Waals surface area contributed by atoms with Gasteiger partial charge in [-0.1, -0.05) is 13.0 Å². The molecule has 0 fully saturated rings. The third-order valence-corrected chi connectivity index (χ3v) is 5.75. The number of alkyl halides is 3. The lowest BCUT2D eigenvalue weighted by Crippen LogP contribution is -2.21. The summed E-state index contributed by atoms with van der Waals surface area (Å²) in [7, 11) is 0. The summed E-state index contributed by atoms with van der Waals surface area (Å²) in [5.41, 5.74) is 4.08. The number of nitrogens with two attached hydrogens (primary N) is 1. The topological polar surface area (TPSA) is 108 Å². The number of amides is 1. The van der Waals surface area contributed by atoms with E-state index in [9.17, 15) is 37.0 Å². The van der Waals surface area contributed by atoms with Crippen molar-refractivity contribution in [1.82, 2.24) is 4.98 Å². The molecule has 33 heavy (non-hydrogen) atoms. The highest BCUT2D eigenvalue weighted by Crippen LogP contribution is 2.40. The first-order valence-corrected chi connectivity index (χ1v) is 10.3. The molecule has 6 nitrogen and oxygen atoms in total. The molecule has 3 rings (SSSR count). The molecule has 0 saturated heterocycles. The van der Waals surface area contributed by atoms with Gasteiger partial charge >= 0.3 is 6.18 Å². The number of aliphatic hydroxyl groups excluding tert-OH is 2. The Balaban J connectivity index is 2.01. The maximum Gasteiger partial charge on any atom is 0.420 e. The molecule has 3 aromatic rings. The molecule has 12 heteroatoms. The van der Waals surface area contributed by atoms with E-state index in [0.717, 1.165) is 35.6 Å². The molecule has 0 spiro atoms. The molecular weight excluding hydrogens is 469 g/mol. The van der Waals surface area contributed by atoms with E-state index in [4.69, 9.17) is 5.73 Å². The van der Waals surface area contributed by atoms with Crippen LogP contribution >= 0.6 is 11.3 Å². The summed E-state index contributed by atoms with van der Waals surface area (Å²) in [6, 6.07) is 6.55. The van der Waals surface area contributed by atoms with Gasteiger partial charge in [0.2, 0.25) is 0 Å². The number of rotatable bonds is 7. The third kappa shape index (κ3) is 5.29. The molecule has 2 atom stereocenters. The minimum atomic E-state index is -4.94. The molecule has 0 saturated carbocycles. The second kappa shape index (κ2) is 9.41. The van der Waals surface area contributed by atoms with Crippen LogP contribution in [0.5, 0.6) is 0 Å². The Bertz CT molecular complexity index is 1160. The number of thiophene rings is 1. The molecule has 0 aliphatic rings. The number of hydrogen-bond donors (Lipinski definition) is 4. The number of aromatic nitrogens is 1. The summed E-state index contributed by atoms with van der Waals surface area (Å²) < 4.78 is 67.7. The largest absolute Gasteiger partial charge is 0.420 e. The highest BCUT2D eigenvalue weighted by atomic mass is 32.1. The molecule has 2 aromatic heterocycles. The second-order valence-electron chi connectivity index (χ2n) is 7.02. The van der Waals surface area contributed by atoms with Crippen LogP contribution in [0.15, 0.2) is 36.4 Å². The Kier molecular flexibility index (Phi) is 7.00. The number of benzene rings is 1. The standard InChI is InChI=1S/C21H18F5N3O3S/c1-2-14(30)9-6-11(22)17(12(23)7-9)15-8-10(19(27)32)20(33-15)29-16-5-3-4-13(28-16)18(31)21(24,25)26/h3-8,14,18,30-31H,2H2,1H3,(H2,27,32)(H,28,29). The summed E-state index contributed by atoms with van der Waals surface area (Å²) >= 11 is 0.725. The van der Waals surface area contributed by atoms with Gasteiger partial charge in [-0.3, -0.25) is 4.79 Å². The predicted molar refractivity (Wildman–Crippen MR) is 112 cm³/mol. The maximum absolute atomic E-state index is 14.7. The molecule has 0 aliphatic carbocycles. The van der Waals surface area contributed by atoms with Crippen molar-refractivity contribution in [3.05, 3.63) is 64.9 Å². The molecule has 1 aromatic carbocycles. The van der Waals surface area contributed by atoms with Crippen LogP contribution in [0.1, 0.15) is 47.2 Å². The number of carbonyl (C=O) groups is 1. The molecule has 176 valence electrons. The van der Waals surface area contributed by atoms with Crippen molar-refractivity contribution in [3.63, 3.8) is 0 Å². The molecule has 1 amide bonds. The summed E-state index contributed by atoms with van der Waals surface area (Å²) in [5.74, 6) is -3.07. The van der Waals surface area contributed by atoms with E-state index >= 15 is 0 Å². The SMILES string of the molecule is CCC(O)c1cc(F)c(-c2cc(C(N)=O)c(Nc3cccc(C(O)C(F)(F)F)n3)s2)c(F)c1. The number of pyridine rings is 1. The lowest BCUT2D eigenvalue weighted by Gasteiger charge is -2.15. The van der Waals surface area contributed by atoms with E-state index in [1.165, 1.54) is 12.1 Å². The van der Waals surface area contributed by atoms with Crippen LogP contribution in [0.25, 0.3) is 10.4 Å². The molecule has 5 N–H and O–H groups in total. The second-order valence-corrected chi connectivity index (χ2v) is 8.07. The van der Waals surface area contributed by atoms with Crippen LogP contribution in [0, 0.1) is 11.6 Å². The predicted octanol–water partition coefficient (Wildman–Crippen LogP) is 4.97. The van der Waals surface area contributed by atoms with Gasteiger partial charge in [0.05, 0.1) is 22.9 Å². The van der Waals surface area contributed by atoms with Crippen molar-refractivity contribution in [3.8, 4) is 10.4 Å². The number of aliphatic hydroxyl groups is 2. The number of nitrogens with zero attached hydrogens (tertiary/aromatic N) is 1. The number of halogens is 5. The van der Waals surface area contributed by atoms with E-state index in [1.807, 2.05) is 0 Å². The van der Waals surface area contributed by atoms with E-state index < -0.39 is 47.2 Å². The van der Waals surface area contributed by atoms with Gasteiger partial charge in [0.25, 0.3) is 5.91 Å². The summed E-state index contributed by atoms with van der Waals surface area (Å²) in [4.78, 5) is 15.5. The van der Waals surface area contributed by atoms with E-state index in [-0.39, 0.29) is 33.2 Å². The average molecular weight is 487 g/mol. The quantitative estimate of drug-likeness (QED) is 0.352. The fourth-order valence-electron chi connectivity index (χ4n) is 3.00. The third-order valence-electron chi connectivity index (χ3n) is 4.68. The smallest absolute Gasteiger partial charge is 0.388 e. The van der Waals surface area contributed by atoms with Crippen LogP contribution in [-0.4, -0.2) is 27.3 Å².